The van der Waals surface area contributed by atoms with E-state index >= 15 is 0 Å². The fraction of sp³-hybridized carbons (Fsp3) is 0.364. The quantitative estimate of drug-likeness (QED) is 0.516. The van der Waals surface area contributed by atoms with Gasteiger partial charge < -0.3 is 0 Å². The van der Waals surface area contributed by atoms with Crippen LogP contribution in [0.2, 0.25) is 0 Å². The predicted molar refractivity (Wildman–Crippen MR) is 52.7 cm³/mol. The van der Waals surface area contributed by atoms with Gasteiger partial charge in [0.15, 0.2) is 0 Å². The van der Waals surface area contributed by atoms with Crippen molar-refractivity contribution in [2.24, 2.45) is 0 Å². The van der Waals surface area contributed by atoms with Gasteiger partial charge in [-0.05, 0) is 24.0 Å². The van der Waals surface area contributed by atoms with Gasteiger partial charge in [-0.15, -0.1) is 0 Å². The number of carbonyl (C=O) groups is 1. The third-order valence-electron chi connectivity index (χ3n) is 3.45. The van der Waals surface area contributed by atoms with E-state index < -0.39 is 4.92 Å². The van der Waals surface area contributed by atoms with Crippen molar-refractivity contribution in [3.63, 3.8) is 0 Å². The Balaban J connectivity index is 2.17. The number of benzene rings is 1. The summed E-state index contributed by atoms with van der Waals surface area (Å²) >= 11 is 0. The first-order chi connectivity index (χ1) is 7.13. The summed E-state index contributed by atoms with van der Waals surface area (Å²) in [7, 11) is 0. The smallest absolute Gasteiger partial charge is 0.269 e. The monoisotopic (exact) mass is 203 g/mol. The third-order valence-corrected chi connectivity index (χ3v) is 3.45. The van der Waals surface area contributed by atoms with E-state index in [2.05, 4.69) is 0 Å². The van der Waals surface area contributed by atoms with Gasteiger partial charge in [-0.1, -0.05) is 6.07 Å². The lowest BCUT2D eigenvalue weighted by atomic mass is 9.97. The number of nitro benzene ring substituents is 1. The topological polar surface area (TPSA) is 60.2 Å². The van der Waals surface area contributed by atoms with Crippen LogP contribution in [0.5, 0.6) is 0 Å². The van der Waals surface area contributed by atoms with Crippen molar-refractivity contribution in [1.82, 2.24) is 0 Å². The molecule has 4 nitrogen and oxygen atoms in total. The molecule has 2 aliphatic carbocycles. The summed E-state index contributed by atoms with van der Waals surface area (Å²) in [4.78, 5) is 22.0. The standard InChI is InChI=1S/C11H9NO3/c13-10-5-7-1-2-8(12(14)15)6-9(7)11(10)3-4-11/h1-2,6H,3-5H2. The Kier molecular flexibility index (Phi) is 1.40. The van der Waals surface area contributed by atoms with E-state index in [1.807, 2.05) is 0 Å². The molecular formula is C11H9NO3. The number of hydrogen-bond donors (Lipinski definition) is 0. The minimum absolute atomic E-state index is 0.0923. The number of hydrogen-bond acceptors (Lipinski definition) is 3. The Morgan fingerprint density at radius 2 is 2.07 bits per heavy atom. The molecular weight excluding hydrogens is 194 g/mol. The molecule has 0 aliphatic heterocycles. The van der Waals surface area contributed by atoms with Crippen LogP contribution < -0.4 is 0 Å². The molecule has 1 aromatic rings. The van der Waals surface area contributed by atoms with Gasteiger partial charge in [0.2, 0.25) is 0 Å². The van der Waals surface area contributed by atoms with Crippen molar-refractivity contribution in [2.45, 2.75) is 24.7 Å². The highest BCUT2D eigenvalue weighted by molar-refractivity contribution is 5.99. The number of fused-ring (bicyclic) bond motifs is 2. The van der Waals surface area contributed by atoms with Gasteiger partial charge in [-0.2, -0.15) is 0 Å². The molecule has 3 rings (SSSR count). The van der Waals surface area contributed by atoms with Crippen molar-refractivity contribution in [3.8, 4) is 0 Å². The molecule has 0 N–H and O–H groups in total. The second-order valence-corrected chi connectivity index (χ2v) is 4.28. The lowest BCUT2D eigenvalue weighted by Crippen LogP contribution is -2.13. The molecule has 0 saturated heterocycles. The van der Waals surface area contributed by atoms with Crippen LogP contribution in [0, 0.1) is 10.1 Å². The second kappa shape index (κ2) is 2.45. The van der Waals surface area contributed by atoms with Crippen LogP contribution in [-0.4, -0.2) is 10.7 Å². The summed E-state index contributed by atoms with van der Waals surface area (Å²) in [6.07, 6.45) is 2.17. The van der Waals surface area contributed by atoms with Crippen LogP contribution in [0.25, 0.3) is 0 Å². The Hall–Kier alpha value is -1.71. The normalized spacial score (nSPS) is 20.4. The highest BCUT2D eigenvalue weighted by Gasteiger charge is 2.55. The molecule has 0 heterocycles. The molecule has 15 heavy (non-hydrogen) atoms. The first kappa shape index (κ1) is 8.59. The maximum Gasteiger partial charge on any atom is 0.269 e. The van der Waals surface area contributed by atoms with E-state index in [-0.39, 0.29) is 16.9 Å². The van der Waals surface area contributed by atoms with Crippen LogP contribution in [-0.2, 0) is 16.6 Å². The summed E-state index contributed by atoms with van der Waals surface area (Å²) < 4.78 is 0. The number of nitro groups is 1. The second-order valence-electron chi connectivity index (χ2n) is 4.28. The zero-order chi connectivity index (χ0) is 10.6. The van der Waals surface area contributed by atoms with E-state index in [9.17, 15) is 14.9 Å². The molecule has 0 aromatic heterocycles. The van der Waals surface area contributed by atoms with Crippen molar-refractivity contribution in [1.29, 1.82) is 0 Å². The zero-order valence-corrected chi connectivity index (χ0v) is 8.03. The first-order valence-corrected chi connectivity index (χ1v) is 4.95. The Labute approximate surface area is 86.1 Å². The molecule has 0 unspecified atom stereocenters. The average Bonchev–Trinajstić information content (AvgIpc) is 2.93. The largest absolute Gasteiger partial charge is 0.298 e. The first-order valence-electron chi connectivity index (χ1n) is 4.95. The average molecular weight is 203 g/mol. The highest BCUT2D eigenvalue weighted by Crippen LogP contribution is 2.55. The molecule has 1 saturated carbocycles. The van der Waals surface area contributed by atoms with Gasteiger partial charge in [0.1, 0.15) is 5.78 Å². The Morgan fingerprint density at radius 1 is 1.33 bits per heavy atom. The SMILES string of the molecule is O=C1Cc2ccc([N+](=O)[O-])cc2C12CC2. The molecule has 0 amide bonds. The zero-order valence-electron chi connectivity index (χ0n) is 8.03. The van der Waals surface area contributed by atoms with Crippen LogP contribution in [0.4, 0.5) is 5.69 Å². The Bertz CT molecular complexity index is 489. The lowest BCUT2D eigenvalue weighted by molar-refractivity contribution is -0.384. The number of Topliss-reactive ketones (excluding diaryl/α,β-unsaturated/α-hetero) is 1. The van der Waals surface area contributed by atoms with Crippen molar-refractivity contribution in [3.05, 3.63) is 39.4 Å². The van der Waals surface area contributed by atoms with Gasteiger partial charge in [0, 0.05) is 18.6 Å². The molecule has 0 radical (unpaired) electrons. The van der Waals surface area contributed by atoms with E-state index in [1.54, 1.807) is 12.1 Å². The molecule has 4 heteroatoms. The van der Waals surface area contributed by atoms with E-state index in [4.69, 9.17) is 0 Å². The van der Waals surface area contributed by atoms with Gasteiger partial charge in [0.25, 0.3) is 5.69 Å². The van der Waals surface area contributed by atoms with Crippen LogP contribution in [0.15, 0.2) is 18.2 Å². The van der Waals surface area contributed by atoms with Crippen LogP contribution in [0.3, 0.4) is 0 Å². The summed E-state index contributed by atoms with van der Waals surface area (Å²) in [5, 5.41) is 10.6. The minimum atomic E-state index is -0.404. The fourth-order valence-corrected chi connectivity index (χ4v) is 2.44. The maximum absolute atomic E-state index is 11.7. The number of non-ortho nitro benzene ring substituents is 1. The maximum atomic E-state index is 11.7. The van der Waals surface area contributed by atoms with E-state index in [0.717, 1.165) is 24.0 Å². The summed E-state index contributed by atoms with van der Waals surface area (Å²) in [6, 6.07) is 4.78. The molecule has 1 aromatic carbocycles. The molecule has 1 spiro atoms. The minimum Gasteiger partial charge on any atom is -0.298 e. The number of carbonyl (C=O) groups excluding carboxylic acids is 1. The van der Waals surface area contributed by atoms with Gasteiger partial charge in [-0.3, -0.25) is 14.9 Å². The summed E-state index contributed by atoms with van der Waals surface area (Å²) in [6.45, 7) is 0. The third kappa shape index (κ3) is 0.988. The number of nitrogens with zero attached hydrogens (tertiary/aromatic N) is 1. The lowest BCUT2D eigenvalue weighted by Gasteiger charge is -2.05. The number of ketones is 1. The molecule has 0 atom stereocenters. The molecule has 2 aliphatic rings. The Morgan fingerprint density at radius 3 is 2.67 bits per heavy atom. The van der Waals surface area contributed by atoms with Gasteiger partial charge in [-0.25, -0.2) is 0 Å². The number of rotatable bonds is 1. The van der Waals surface area contributed by atoms with Crippen LogP contribution >= 0.6 is 0 Å². The molecule has 1 fully saturated rings. The van der Waals surface area contributed by atoms with Crippen LogP contribution in [0.1, 0.15) is 24.0 Å². The summed E-state index contributed by atoms with van der Waals surface area (Å²) in [5.74, 6) is 0.234. The van der Waals surface area contributed by atoms with E-state index in [0.29, 0.717) is 6.42 Å². The van der Waals surface area contributed by atoms with Gasteiger partial charge >= 0.3 is 0 Å². The summed E-state index contributed by atoms with van der Waals surface area (Å²) in [5.41, 5.74) is 1.64. The predicted octanol–water partition coefficient (Wildman–Crippen LogP) is 1.75. The van der Waals surface area contributed by atoms with Crippen molar-refractivity contribution in [2.75, 3.05) is 0 Å². The van der Waals surface area contributed by atoms with Gasteiger partial charge in [0.05, 0.1) is 10.3 Å². The van der Waals surface area contributed by atoms with Crippen molar-refractivity contribution < 1.29 is 9.72 Å². The highest BCUT2D eigenvalue weighted by atomic mass is 16.6. The van der Waals surface area contributed by atoms with Crippen molar-refractivity contribution >= 4 is 11.5 Å². The van der Waals surface area contributed by atoms with E-state index in [1.165, 1.54) is 6.07 Å². The fourth-order valence-electron chi connectivity index (χ4n) is 2.44. The molecule has 76 valence electrons. The molecule has 0 bridgehead atoms.